The van der Waals surface area contributed by atoms with Gasteiger partial charge in [-0.05, 0) is 19.8 Å². The Balaban J connectivity index is 1.81. The van der Waals surface area contributed by atoms with Gasteiger partial charge in [0.2, 0.25) is 0 Å². The van der Waals surface area contributed by atoms with E-state index in [2.05, 4.69) is 43.9 Å². The van der Waals surface area contributed by atoms with Gasteiger partial charge < -0.3 is 19.9 Å². The molecule has 0 spiro atoms. The zero-order valence-electron chi connectivity index (χ0n) is 14.2. The number of hydrogen-bond acceptors (Lipinski definition) is 4. The normalized spacial score (nSPS) is 18.2. The minimum atomic E-state index is 0.288. The third-order valence-corrected chi connectivity index (χ3v) is 3.69. The van der Waals surface area contributed by atoms with Crippen molar-refractivity contribution in [3.05, 3.63) is 24.3 Å². The van der Waals surface area contributed by atoms with Crippen molar-refractivity contribution in [2.45, 2.75) is 45.8 Å². The summed E-state index contributed by atoms with van der Waals surface area (Å²) in [5, 5.41) is 14.8. The number of aromatic nitrogens is 3. The lowest BCUT2D eigenvalue weighted by Crippen LogP contribution is -2.42. The Morgan fingerprint density at radius 3 is 3.09 bits per heavy atom. The third kappa shape index (κ3) is 6.02. The first-order valence-corrected chi connectivity index (χ1v) is 8.34. The molecule has 1 aromatic rings. The fraction of sp³-hybridized carbons (Fsp3) is 0.688. The third-order valence-electron chi connectivity index (χ3n) is 3.69. The Bertz CT molecular complexity index is 518. The van der Waals surface area contributed by atoms with Gasteiger partial charge in [-0.3, -0.25) is 0 Å². The van der Waals surface area contributed by atoms with E-state index in [1.165, 1.54) is 0 Å². The van der Waals surface area contributed by atoms with E-state index in [-0.39, 0.29) is 6.10 Å². The monoisotopic (exact) mass is 320 g/mol. The van der Waals surface area contributed by atoms with E-state index in [9.17, 15) is 0 Å². The first kappa shape index (κ1) is 17.5. The van der Waals surface area contributed by atoms with E-state index in [1.54, 1.807) is 6.33 Å². The molecule has 0 amide bonds. The number of nitrogens with one attached hydrogen (secondary N) is 2. The molecule has 2 N–H and O–H groups in total. The lowest BCUT2D eigenvalue weighted by molar-refractivity contribution is 0.114. The van der Waals surface area contributed by atoms with Crippen LogP contribution < -0.4 is 10.6 Å². The lowest BCUT2D eigenvalue weighted by Gasteiger charge is -2.16. The van der Waals surface area contributed by atoms with Crippen molar-refractivity contribution in [2.24, 2.45) is 4.99 Å². The SMILES string of the molecule is C=C(C)CN=C(NCCn1cnnc1CC)NCC1CCCO1. The molecule has 2 rings (SSSR count). The molecule has 1 aliphatic heterocycles. The van der Waals surface area contributed by atoms with E-state index in [1.807, 2.05) is 6.92 Å². The number of nitrogens with zero attached hydrogens (tertiary/aromatic N) is 4. The summed E-state index contributed by atoms with van der Waals surface area (Å²) >= 11 is 0. The maximum Gasteiger partial charge on any atom is 0.191 e. The highest BCUT2D eigenvalue weighted by molar-refractivity contribution is 5.79. The van der Waals surface area contributed by atoms with Crippen LogP contribution in [0.1, 0.15) is 32.5 Å². The van der Waals surface area contributed by atoms with Crippen molar-refractivity contribution in [1.82, 2.24) is 25.4 Å². The summed E-state index contributed by atoms with van der Waals surface area (Å²) in [7, 11) is 0. The predicted molar refractivity (Wildman–Crippen MR) is 91.5 cm³/mol. The second-order valence-corrected chi connectivity index (χ2v) is 5.86. The molecule has 0 saturated carbocycles. The molecule has 7 nitrogen and oxygen atoms in total. The van der Waals surface area contributed by atoms with Gasteiger partial charge in [0.1, 0.15) is 12.2 Å². The smallest absolute Gasteiger partial charge is 0.191 e. The molecule has 128 valence electrons. The number of rotatable bonds is 8. The van der Waals surface area contributed by atoms with Gasteiger partial charge in [0.05, 0.1) is 12.6 Å². The molecular formula is C16H28N6O. The van der Waals surface area contributed by atoms with Crippen molar-refractivity contribution < 1.29 is 4.74 Å². The number of hydrogen-bond donors (Lipinski definition) is 2. The van der Waals surface area contributed by atoms with Crippen molar-refractivity contribution >= 4 is 5.96 Å². The van der Waals surface area contributed by atoms with Crippen LogP contribution in [0.4, 0.5) is 0 Å². The molecule has 1 saturated heterocycles. The molecule has 1 unspecified atom stereocenters. The molecule has 1 atom stereocenters. The second kappa shape index (κ2) is 9.29. The molecule has 0 bridgehead atoms. The van der Waals surface area contributed by atoms with E-state index < -0.39 is 0 Å². The Labute approximate surface area is 138 Å². The van der Waals surface area contributed by atoms with Crippen LogP contribution in [0.3, 0.4) is 0 Å². The molecule has 7 heteroatoms. The summed E-state index contributed by atoms with van der Waals surface area (Å²) in [5.74, 6) is 1.80. The molecule has 0 aromatic carbocycles. The number of aryl methyl sites for hydroxylation is 1. The topological polar surface area (TPSA) is 76.4 Å². The Kier molecular flexibility index (Phi) is 7.06. The van der Waals surface area contributed by atoms with Crippen molar-refractivity contribution in [3.63, 3.8) is 0 Å². The van der Waals surface area contributed by atoms with E-state index in [0.29, 0.717) is 6.54 Å². The van der Waals surface area contributed by atoms with Gasteiger partial charge in [-0.2, -0.15) is 0 Å². The molecular weight excluding hydrogens is 292 g/mol. The fourth-order valence-corrected chi connectivity index (χ4v) is 2.44. The summed E-state index contributed by atoms with van der Waals surface area (Å²) in [6.07, 6.45) is 5.20. The van der Waals surface area contributed by atoms with E-state index in [4.69, 9.17) is 4.74 Å². The van der Waals surface area contributed by atoms with Crippen LogP contribution in [0.5, 0.6) is 0 Å². The van der Waals surface area contributed by atoms with Gasteiger partial charge in [-0.1, -0.05) is 19.1 Å². The van der Waals surface area contributed by atoms with Crippen LogP contribution in [-0.2, 0) is 17.7 Å². The largest absolute Gasteiger partial charge is 0.376 e. The zero-order chi connectivity index (χ0) is 16.5. The summed E-state index contributed by atoms with van der Waals surface area (Å²) in [4.78, 5) is 4.54. The van der Waals surface area contributed by atoms with Gasteiger partial charge in [0, 0.05) is 32.7 Å². The van der Waals surface area contributed by atoms with Crippen LogP contribution in [0.25, 0.3) is 0 Å². The van der Waals surface area contributed by atoms with E-state index in [0.717, 1.165) is 62.9 Å². The van der Waals surface area contributed by atoms with Crippen LogP contribution in [0.2, 0.25) is 0 Å². The average Bonchev–Trinajstić information content (AvgIpc) is 3.20. The Morgan fingerprint density at radius 1 is 1.52 bits per heavy atom. The minimum absolute atomic E-state index is 0.288. The summed E-state index contributed by atoms with van der Waals surface area (Å²) in [5.41, 5.74) is 1.04. The van der Waals surface area contributed by atoms with Gasteiger partial charge in [0.15, 0.2) is 5.96 Å². The van der Waals surface area contributed by atoms with Gasteiger partial charge >= 0.3 is 0 Å². The second-order valence-electron chi connectivity index (χ2n) is 5.86. The molecule has 0 radical (unpaired) electrons. The molecule has 1 fully saturated rings. The molecule has 0 aliphatic carbocycles. The average molecular weight is 320 g/mol. The molecule has 1 aromatic heterocycles. The van der Waals surface area contributed by atoms with Crippen molar-refractivity contribution in [1.29, 1.82) is 0 Å². The first-order chi connectivity index (χ1) is 11.2. The highest BCUT2D eigenvalue weighted by Crippen LogP contribution is 2.10. The molecule has 2 heterocycles. The fourth-order valence-electron chi connectivity index (χ4n) is 2.44. The van der Waals surface area contributed by atoms with Gasteiger partial charge in [-0.15, -0.1) is 10.2 Å². The molecule has 1 aliphatic rings. The number of ether oxygens (including phenoxy) is 1. The summed E-state index contributed by atoms with van der Waals surface area (Å²) < 4.78 is 7.70. The number of guanidine groups is 1. The van der Waals surface area contributed by atoms with Crippen LogP contribution in [0.15, 0.2) is 23.5 Å². The Hall–Kier alpha value is -1.89. The predicted octanol–water partition coefficient (Wildman–Crippen LogP) is 1.13. The maximum absolute atomic E-state index is 5.64. The van der Waals surface area contributed by atoms with Gasteiger partial charge in [0.25, 0.3) is 0 Å². The summed E-state index contributed by atoms with van der Waals surface area (Å²) in [6.45, 7) is 11.8. The van der Waals surface area contributed by atoms with E-state index >= 15 is 0 Å². The standard InChI is InChI=1S/C16H28N6O/c1-4-15-21-20-12-22(15)8-7-17-16(18-10-13(2)3)19-11-14-6-5-9-23-14/h12,14H,2,4-11H2,1,3H3,(H2,17,18,19). The van der Waals surface area contributed by atoms with Gasteiger partial charge in [-0.25, -0.2) is 4.99 Å². The minimum Gasteiger partial charge on any atom is -0.376 e. The molecule has 23 heavy (non-hydrogen) atoms. The number of aliphatic imine (C=N–C) groups is 1. The zero-order valence-corrected chi connectivity index (χ0v) is 14.2. The quantitative estimate of drug-likeness (QED) is 0.427. The highest BCUT2D eigenvalue weighted by atomic mass is 16.5. The van der Waals surface area contributed by atoms with Crippen LogP contribution in [0, 0.1) is 0 Å². The van der Waals surface area contributed by atoms with Crippen molar-refractivity contribution in [3.8, 4) is 0 Å². The maximum atomic E-state index is 5.64. The lowest BCUT2D eigenvalue weighted by atomic mass is 10.2. The highest BCUT2D eigenvalue weighted by Gasteiger charge is 2.15. The Morgan fingerprint density at radius 2 is 2.39 bits per heavy atom. The van der Waals surface area contributed by atoms with Crippen LogP contribution >= 0.6 is 0 Å². The first-order valence-electron chi connectivity index (χ1n) is 8.34. The summed E-state index contributed by atoms with van der Waals surface area (Å²) in [6, 6.07) is 0. The van der Waals surface area contributed by atoms with Crippen LogP contribution in [-0.4, -0.2) is 53.1 Å². The van der Waals surface area contributed by atoms with Crippen molar-refractivity contribution in [2.75, 3.05) is 26.2 Å².